The van der Waals surface area contributed by atoms with Crippen LogP contribution in [0.4, 0.5) is 11.9 Å². The van der Waals surface area contributed by atoms with Gasteiger partial charge in [0.2, 0.25) is 11.9 Å². The molecule has 1 aliphatic heterocycles. The number of aromatic nitrogens is 5. The zero-order valence-corrected chi connectivity index (χ0v) is 12.3. The summed E-state index contributed by atoms with van der Waals surface area (Å²) in [5.41, 5.74) is 0. The van der Waals surface area contributed by atoms with Crippen molar-refractivity contribution in [1.82, 2.24) is 24.7 Å². The van der Waals surface area contributed by atoms with E-state index in [0.717, 1.165) is 19.6 Å². The molecule has 8 nitrogen and oxygen atoms in total. The van der Waals surface area contributed by atoms with Crippen LogP contribution in [0.1, 0.15) is 19.8 Å². The van der Waals surface area contributed by atoms with Gasteiger partial charge in [0, 0.05) is 26.7 Å². The van der Waals surface area contributed by atoms with Crippen LogP contribution in [0, 0.1) is 0 Å². The molecule has 3 rings (SSSR count). The van der Waals surface area contributed by atoms with Crippen molar-refractivity contribution < 1.29 is 4.74 Å². The van der Waals surface area contributed by atoms with Crippen LogP contribution in [0.3, 0.4) is 0 Å². The number of anilines is 2. The van der Waals surface area contributed by atoms with Gasteiger partial charge in [-0.15, -0.1) is 0 Å². The van der Waals surface area contributed by atoms with Gasteiger partial charge in [-0.3, -0.25) is 4.68 Å². The minimum Gasteiger partial charge on any atom is -0.421 e. The Hall–Kier alpha value is -2.38. The highest BCUT2D eigenvalue weighted by molar-refractivity contribution is 5.39. The lowest BCUT2D eigenvalue weighted by molar-refractivity contribution is 0.439. The molecule has 0 aromatic carbocycles. The molecule has 8 heteroatoms. The summed E-state index contributed by atoms with van der Waals surface area (Å²) in [6, 6.07) is 0.288. The van der Waals surface area contributed by atoms with E-state index in [-0.39, 0.29) is 6.01 Å². The Morgan fingerprint density at radius 3 is 2.71 bits per heavy atom. The smallest absolute Gasteiger partial charge is 0.328 e. The molecule has 0 radical (unpaired) electrons. The average Bonchev–Trinajstić information content (AvgIpc) is 3.11. The quantitative estimate of drug-likeness (QED) is 0.891. The maximum atomic E-state index is 5.67. The van der Waals surface area contributed by atoms with E-state index in [1.165, 1.54) is 12.8 Å². The minimum atomic E-state index is 0.288. The largest absolute Gasteiger partial charge is 0.421 e. The van der Waals surface area contributed by atoms with Gasteiger partial charge in [0.1, 0.15) is 0 Å². The van der Waals surface area contributed by atoms with Crippen LogP contribution in [0.25, 0.3) is 0 Å². The number of ether oxygens (including phenoxy) is 1. The number of aryl methyl sites for hydroxylation is 1. The number of rotatable bonds is 5. The summed E-state index contributed by atoms with van der Waals surface area (Å²) in [6.45, 7) is 4.70. The van der Waals surface area contributed by atoms with Crippen molar-refractivity contribution in [3.8, 4) is 11.8 Å². The molecule has 1 N–H and O–H groups in total. The second kappa shape index (κ2) is 5.94. The summed E-state index contributed by atoms with van der Waals surface area (Å²) in [7, 11) is 1.83. The summed E-state index contributed by atoms with van der Waals surface area (Å²) < 4.78 is 7.34. The predicted octanol–water partition coefficient (Wildman–Crippen LogP) is 1.43. The van der Waals surface area contributed by atoms with E-state index in [0.29, 0.717) is 17.6 Å². The molecule has 3 heterocycles. The topological polar surface area (TPSA) is 81.0 Å². The molecule has 1 saturated heterocycles. The lowest BCUT2D eigenvalue weighted by Crippen LogP contribution is -2.21. The Morgan fingerprint density at radius 1 is 1.24 bits per heavy atom. The third-order valence-electron chi connectivity index (χ3n) is 3.22. The van der Waals surface area contributed by atoms with Crippen molar-refractivity contribution in [2.75, 3.05) is 29.9 Å². The molecule has 112 valence electrons. The minimum absolute atomic E-state index is 0.288. The normalized spacial score (nSPS) is 14.5. The monoisotopic (exact) mass is 289 g/mol. The average molecular weight is 289 g/mol. The summed E-state index contributed by atoms with van der Waals surface area (Å²) in [5.74, 6) is 1.81. The first-order valence-corrected chi connectivity index (χ1v) is 7.16. The molecule has 0 bridgehead atoms. The highest BCUT2D eigenvalue weighted by Crippen LogP contribution is 2.22. The Kier molecular flexibility index (Phi) is 3.85. The SMILES string of the molecule is CCNc1nc(Oc2cnn(C)c2)nc(N2CCCC2)n1. The van der Waals surface area contributed by atoms with E-state index in [2.05, 4.69) is 30.3 Å². The van der Waals surface area contributed by atoms with Crippen LogP contribution < -0.4 is 15.0 Å². The van der Waals surface area contributed by atoms with Crippen LogP contribution in [-0.2, 0) is 7.05 Å². The number of hydrogen-bond acceptors (Lipinski definition) is 7. The molecule has 2 aromatic rings. The van der Waals surface area contributed by atoms with E-state index in [4.69, 9.17) is 4.74 Å². The van der Waals surface area contributed by atoms with E-state index in [9.17, 15) is 0 Å². The molecule has 0 amide bonds. The van der Waals surface area contributed by atoms with Gasteiger partial charge in [-0.1, -0.05) is 0 Å². The van der Waals surface area contributed by atoms with Gasteiger partial charge < -0.3 is 15.0 Å². The fraction of sp³-hybridized carbons (Fsp3) is 0.538. The molecule has 0 atom stereocenters. The van der Waals surface area contributed by atoms with Crippen LogP contribution in [0.5, 0.6) is 11.8 Å². The molecule has 2 aromatic heterocycles. The van der Waals surface area contributed by atoms with Crippen molar-refractivity contribution in [3.63, 3.8) is 0 Å². The summed E-state index contributed by atoms with van der Waals surface area (Å²) in [6.07, 6.45) is 5.74. The second-order valence-corrected chi connectivity index (χ2v) is 4.92. The lowest BCUT2D eigenvalue weighted by Gasteiger charge is -2.16. The predicted molar refractivity (Wildman–Crippen MR) is 78.7 cm³/mol. The Morgan fingerprint density at radius 2 is 2.05 bits per heavy atom. The molecule has 0 unspecified atom stereocenters. The molecule has 0 saturated carbocycles. The third kappa shape index (κ3) is 3.21. The Balaban J connectivity index is 1.86. The Labute approximate surface area is 123 Å². The third-order valence-corrected chi connectivity index (χ3v) is 3.22. The highest BCUT2D eigenvalue weighted by atomic mass is 16.5. The summed E-state index contributed by atoms with van der Waals surface area (Å²) >= 11 is 0. The number of hydrogen-bond donors (Lipinski definition) is 1. The van der Waals surface area contributed by atoms with E-state index < -0.39 is 0 Å². The van der Waals surface area contributed by atoms with Gasteiger partial charge in [-0.25, -0.2) is 0 Å². The zero-order chi connectivity index (χ0) is 14.7. The van der Waals surface area contributed by atoms with Gasteiger partial charge in [0.15, 0.2) is 5.75 Å². The molecule has 1 fully saturated rings. The van der Waals surface area contributed by atoms with Gasteiger partial charge in [-0.2, -0.15) is 20.1 Å². The molecular weight excluding hydrogens is 270 g/mol. The van der Waals surface area contributed by atoms with Gasteiger partial charge in [-0.05, 0) is 19.8 Å². The number of nitrogens with zero attached hydrogens (tertiary/aromatic N) is 6. The second-order valence-electron chi connectivity index (χ2n) is 4.92. The maximum absolute atomic E-state index is 5.67. The van der Waals surface area contributed by atoms with Gasteiger partial charge >= 0.3 is 6.01 Å². The van der Waals surface area contributed by atoms with Crippen LogP contribution in [0.2, 0.25) is 0 Å². The van der Waals surface area contributed by atoms with E-state index in [1.807, 2.05) is 14.0 Å². The molecule has 21 heavy (non-hydrogen) atoms. The van der Waals surface area contributed by atoms with Gasteiger partial charge in [0.05, 0.1) is 12.4 Å². The van der Waals surface area contributed by atoms with Crippen molar-refractivity contribution in [3.05, 3.63) is 12.4 Å². The van der Waals surface area contributed by atoms with E-state index >= 15 is 0 Å². The van der Waals surface area contributed by atoms with Crippen molar-refractivity contribution in [2.45, 2.75) is 19.8 Å². The maximum Gasteiger partial charge on any atom is 0.328 e. The molecule has 0 spiro atoms. The number of nitrogens with one attached hydrogen (secondary N) is 1. The zero-order valence-electron chi connectivity index (χ0n) is 12.3. The first-order chi connectivity index (χ1) is 10.2. The Bertz CT molecular complexity index is 606. The van der Waals surface area contributed by atoms with Crippen molar-refractivity contribution in [1.29, 1.82) is 0 Å². The van der Waals surface area contributed by atoms with Crippen molar-refractivity contribution in [2.24, 2.45) is 7.05 Å². The van der Waals surface area contributed by atoms with Crippen LogP contribution in [-0.4, -0.2) is 44.4 Å². The fourth-order valence-corrected chi connectivity index (χ4v) is 2.24. The highest BCUT2D eigenvalue weighted by Gasteiger charge is 2.18. The summed E-state index contributed by atoms with van der Waals surface area (Å²) in [4.78, 5) is 15.3. The first-order valence-electron chi connectivity index (χ1n) is 7.16. The molecular formula is C13H19N7O. The van der Waals surface area contributed by atoms with Gasteiger partial charge in [0.25, 0.3) is 0 Å². The standard InChI is InChI=1S/C13H19N7O/c1-3-14-11-16-12(20-6-4-5-7-20)18-13(17-11)21-10-8-15-19(2)9-10/h8-9H,3-7H2,1-2H3,(H,14,16,17,18). The van der Waals surface area contributed by atoms with E-state index in [1.54, 1.807) is 17.1 Å². The molecule has 1 aliphatic rings. The lowest BCUT2D eigenvalue weighted by atomic mass is 10.4. The molecule has 0 aliphatic carbocycles. The van der Waals surface area contributed by atoms with Crippen LogP contribution >= 0.6 is 0 Å². The fourth-order valence-electron chi connectivity index (χ4n) is 2.24. The van der Waals surface area contributed by atoms with Crippen LogP contribution in [0.15, 0.2) is 12.4 Å². The first kappa shape index (κ1) is 13.6. The summed E-state index contributed by atoms with van der Waals surface area (Å²) in [5, 5.41) is 7.18. The van der Waals surface area contributed by atoms with Crippen molar-refractivity contribution >= 4 is 11.9 Å².